The molecule has 0 atom stereocenters. The van der Waals surface area contributed by atoms with Crippen LogP contribution < -0.4 is 0 Å². The molecule has 0 bridgehead atoms. The first kappa shape index (κ1) is 9.28. The van der Waals surface area contributed by atoms with Crippen LogP contribution in [-0.4, -0.2) is 5.16 Å². The highest BCUT2D eigenvalue weighted by Gasteiger charge is 2.13. The second-order valence-corrected chi connectivity index (χ2v) is 3.35. The van der Waals surface area contributed by atoms with Crippen molar-refractivity contribution in [3.05, 3.63) is 41.1 Å². The molecule has 2 aromatic rings. The summed E-state index contributed by atoms with van der Waals surface area (Å²) in [4.78, 5) is 0. The number of benzene rings is 1. The Morgan fingerprint density at radius 1 is 1.29 bits per heavy atom. The van der Waals surface area contributed by atoms with Crippen LogP contribution in [0.3, 0.4) is 0 Å². The first-order valence-electron chi connectivity index (χ1n) is 4.52. The van der Waals surface area contributed by atoms with Gasteiger partial charge in [0, 0.05) is 11.1 Å². The number of hydrogen-bond donors (Lipinski definition) is 0. The minimum atomic E-state index is 0.395. The molecule has 0 aliphatic rings. The van der Waals surface area contributed by atoms with E-state index in [1.54, 1.807) is 0 Å². The van der Waals surface area contributed by atoms with Crippen molar-refractivity contribution in [3.63, 3.8) is 0 Å². The van der Waals surface area contributed by atoms with E-state index in [1.807, 2.05) is 37.3 Å². The van der Waals surface area contributed by atoms with Crippen molar-refractivity contribution in [2.24, 2.45) is 0 Å². The average Bonchev–Trinajstić information content (AvgIpc) is 2.61. The summed E-state index contributed by atoms with van der Waals surface area (Å²) in [5.74, 6) is 0. The molecule has 2 rings (SSSR count). The van der Waals surface area contributed by atoms with Gasteiger partial charge < -0.3 is 4.52 Å². The largest absolute Gasteiger partial charge is 0.343 e. The molecule has 0 fully saturated rings. The highest BCUT2D eigenvalue weighted by Crippen LogP contribution is 2.28. The van der Waals surface area contributed by atoms with E-state index >= 15 is 0 Å². The van der Waals surface area contributed by atoms with Gasteiger partial charge >= 0.3 is 0 Å². The normalized spacial score (nSPS) is 10.4. The summed E-state index contributed by atoms with van der Waals surface area (Å²) < 4.78 is 4.96. The summed E-state index contributed by atoms with van der Waals surface area (Å²) in [7, 11) is 0. The highest BCUT2D eigenvalue weighted by atomic mass is 35.5. The van der Waals surface area contributed by atoms with Crippen LogP contribution in [0.4, 0.5) is 0 Å². The van der Waals surface area contributed by atoms with Crippen molar-refractivity contribution in [3.8, 4) is 11.3 Å². The predicted molar refractivity (Wildman–Crippen MR) is 56.3 cm³/mol. The van der Waals surface area contributed by atoms with Crippen LogP contribution in [0.1, 0.15) is 12.5 Å². The van der Waals surface area contributed by atoms with Gasteiger partial charge in [-0.25, -0.2) is 0 Å². The number of aromatic nitrogens is 1. The Balaban J connectivity index is 2.52. The standard InChI is InChI=1S/C11H10ClNO/c1-2-9-10(13-14-11(9)12)8-6-4-3-5-7-8/h3-7H,2H2,1H3. The number of rotatable bonds is 2. The molecule has 0 radical (unpaired) electrons. The van der Waals surface area contributed by atoms with Crippen LogP contribution in [0.2, 0.25) is 5.22 Å². The summed E-state index contributed by atoms with van der Waals surface area (Å²) in [5.41, 5.74) is 2.86. The minimum absolute atomic E-state index is 0.395. The van der Waals surface area contributed by atoms with Gasteiger partial charge in [-0.15, -0.1) is 0 Å². The molecule has 0 saturated heterocycles. The Kier molecular flexibility index (Phi) is 2.55. The predicted octanol–water partition coefficient (Wildman–Crippen LogP) is 3.56. The lowest BCUT2D eigenvalue weighted by molar-refractivity contribution is 0.423. The highest BCUT2D eigenvalue weighted by molar-refractivity contribution is 6.29. The Hall–Kier alpha value is -1.28. The van der Waals surface area contributed by atoms with Crippen LogP contribution in [0.25, 0.3) is 11.3 Å². The number of nitrogens with zero attached hydrogens (tertiary/aromatic N) is 1. The van der Waals surface area contributed by atoms with Gasteiger partial charge in [0.1, 0.15) is 5.69 Å². The summed E-state index contributed by atoms with van der Waals surface area (Å²) >= 11 is 5.87. The van der Waals surface area contributed by atoms with Crippen molar-refractivity contribution >= 4 is 11.6 Å². The Labute approximate surface area is 87.5 Å². The van der Waals surface area contributed by atoms with Crippen LogP contribution in [0.15, 0.2) is 34.9 Å². The van der Waals surface area contributed by atoms with Crippen molar-refractivity contribution in [1.82, 2.24) is 5.16 Å². The smallest absolute Gasteiger partial charge is 0.229 e. The lowest BCUT2D eigenvalue weighted by Crippen LogP contribution is -1.83. The second kappa shape index (κ2) is 3.84. The van der Waals surface area contributed by atoms with Gasteiger partial charge in [-0.3, -0.25) is 0 Å². The molecule has 0 unspecified atom stereocenters. The van der Waals surface area contributed by atoms with Crippen molar-refractivity contribution in [2.75, 3.05) is 0 Å². The fraction of sp³-hybridized carbons (Fsp3) is 0.182. The molecular formula is C11H10ClNO. The fourth-order valence-corrected chi connectivity index (χ4v) is 1.68. The third kappa shape index (κ3) is 1.53. The maximum Gasteiger partial charge on any atom is 0.229 e. The molecule has 2 nitrogen and oxygen atoms in total. The monoisotopic (exact) mass is 207 g/mol. The molecule has 72 valence electrons. The molecule has 14 heavy (non-hydrogen) atoms. The third-order valence-electron chi connectivity index (χ3n) is 2.14. The quantitative estimate of drug-likeness (QED) is 0.753. The first-order valence-corrected chi connectivity index (χ1v) is 4.90. The van der Waals surface area contributed by atoms with E-state index in [4.69, 9.17) is 16.1 Å². The van der Waals surface area contributed by atoms with E-state index in [0.29, 0.717) is 5.22 Å². The Morgan fingerprint density at radius 2 is 2.00 bits per heavy atom. The van der Waals surface area contributed by atoms with E-state index in [0.717, 1.165) is 23.2 Å². The molecule has 0 saturated carbocycles. The van der Waals surface area contributed by atoms with Crippen LogP contribution in [-0.2, 0) is 6.42 Å². The lowest BCUT2D eigenvalue weighted by Gasteiger charge is -1.97. The van der Waals surface area contributed by atoms with Gasteiger partial charge in [0.15, 0.2) is 0 Å². The molecular weight excluding hydrogens is 198 g/mol. The average molecular weight is 208 g/mol. The van der Waals surface area contributed by atoms with E-state index in [-0.39, 0.29) is 0 Å². The van der Waals surface area contributed by atoms with Gasteiger partial charge in [-0.1, -0.05) is 42.4 Å². The van der Waals surface area contributed by atoms with Gasteiger partial charge in [0.25, 0.3) is 0 Å². The zero-order valence-corrected chi connectivity index (χ0v) is 8.58. The maximum absolute atomic E-state index is 5.87. The number of hydrogen-bond acceptors (Lipinski definition) is 2. The van der Waals surface area contributed by atoms with E-state index < -0.39 is 0 Å². The molecule has 1 aromatic heterocycles. The maximum atomic E-state index is 5.87. The molecule has 1 aromatic carbocycles. The second-order valence-electron chi connectivity index (χ2n) is 3.00. The summed E-state index contributed by atoms with van der Waals surface area (Å²) in [6, 6.07) is 9.90. The van der Waals surface area contributed by atoms with Crippen LogP contribution in [0.5, 0.6) is 0 Å². The molecule has 0 amide bonds. The van der Waals surface area contributed by atoms with Gasteiger partial charge in [-0.2, -0.15) is 0 Å². The number of halogens is 1. The zero-order valence-electron chi connectivity index (χ0n) is 7.83. The van der Waals surface area contributed by atoms with Gasteiger partial charge in [0.05, 0.1) is 0 Å². The first-order chi connectivity index (χ1) is 6.83. The molecule has 0 spiro atoms. The van der Waals surface area contributed by atoms with E-state index in [2.05, 4.69) is 5.16 Å². The molecule has 0 aliphatic heterocycles. The van der Waals surface area contributed by atoms with Gasteiger partial charge in [-0.05, 0) is 18.0 Å². The van der Waals surface area contributed by atoms with E-state index in [9.17, 15) is 0 Å². The SMILES string of the molecule is CCc1c(-c2ccccc2)noc1Cl. The summed E-state index contributed by atoms with van der Waals surface area (Å²) in [6.45, 7) is 2.03. The van der Waals surface area contributed by atoms with Crippen molar-refractivity contribution < 1.29 is 4.52 Å². The Morgan fingerprint density at radius 3 is 2.64 bits per heavy atom. The lowest BCUT2D eigenvalue weighted by atomic mass is 10.1. The van der Waals surface area contributed by atoms with Crippen molar-refractivity contribution in [2.45, 2.75) is 13.3 Å². The van der Waals surface area contributed by atoms with E-state index in [1.165, 1.54) is 0 Å². The fourth-order valence-electron chi connectivity index (χ4n) is 1.42. The molecule has 0 aliphatic carbocycles. The van der Waals surface area contributed by atoms with Crippen LogP contribution in [0, 0.1) is 0 Å². The molecule has 0 N–H and O–H groups in total. The topological polar surface area (TPSA) is 26.0 Å². The van der Waals surface area contributed by atoms with Gasteiger partial charge in [0.2, 0.25) is 5.22 Å². The summed E-state index contributed by atoms with van der Waals surface area (Å²) in [6.07, 6.45) is 0.826. The zero-order chi connectivity index (χ0) is 9.97. The minimum Gasteiger partial charge on any atom is -0.343 e. The van der Waals surface area contributed by atoms with Crippen LogP contribution >= 0.6 is 11.6 Å². The molecule has 3 heteroatoms. The van der Waals surface area contributed by atoms with Crippen molar-refractivity contribution in [1.29, 1.82) is 0 Å². The molecule has 1 heterocycles. The summed E-state index contributed by atoms with van der Waals surface area (Å²) in [5, 5.41) is 4.34. The third-order valence-corrected chi connectivity index (χ3v) is 2.44. The Bertz CT molecular complexity index is 422.